The van der Waals surface area contributed by atoms with Gasteiger partial charge in [-0.05, 0) is 48.0 Å². The first-order chi connectivity index (χ1) is 9.56. The number of aromatic carboxylic acids is 1. The van der Waals surface area contributed by atoms with Gasteiger partial charge < -0.3 is 9.67 Å². The minimum atomic E-state index is -1.05. The van der Waals surface area contributed by atoms with Gasteiger partial charge in [0.1, 0.15) is 5.69 Å². The van der Waals surface area contributed by atoms with Crippen LogP contribution in [0.3, 0.4) is 0 Å². The van der Waals surface area contributed by atoms with E-state index in [1.54, 1.807) is 17.5 Å². The number of nitrogens with zero attached hydrogens (tertiary/aromatic N) is 1. The van der Waals surface area contributed by atoms with E-state index in [1.807, 2.05) is 29.6 Å². The lowest BCUT2D eigenvalue weighted by Gasteiger charge is -2.06. The quantitative estimate of drug-likeness (QED) is 0.748. The molecule has 0 saturated heterocycles. The predicted octanol–water partition coefficient (Wildman–Crippen LogP) is 3.59. The highest BCUT2D eigenvalue weighted by atomic mass is 32.1. The van der Waals surface area contributed by atoms with Crippen LogP contribution in [0.5, 0.6) is 0 Å². The van der Waals surface area contributed by atoms with Crippen LogP contribution >= 0.6 is 11.3 Å². The monoisotopic (exact) mass is 285 g/mol. The summed E-state index contributed by atoms with van der Waals surface area (Å²) >= 11 is 1.63. The summed E-state index contributed by atoms with van der Waals surface area (Å²) in [5.41, 5.74) is 1.22. The Balaban J connectivity index is 2.21. The van der Waals surface area contributed by atoms with Gasteiger partial charge in [-0.15, -0.1) is 11.3 Å². The summed E-state index contributed by atoms with van der Waals surface area (Å²) in [4.78, 5) is 22.7. The Labute approximate surface area is 118 Å². The Morgan fingerprint density at radius 2 is 2.00 bits per heavy atom. The molecule has 0 aliphatic rings. The number of carbonyl (C=O) groups is 2. The summed E-state index contributed by atoms with van der Waals surface area (Å²) < 4.78 is 2.68. The van der Waals surface area contributed by atoms with Crippen molar-refractivity contribution >= 4 is 33.2 Å². The number of carboxylic acid groups (broad SMARTS) is 1. The summed E-state index contributed by atoms with van der Waals surface area (Å²) in [5.74, 6) is -1.20. The number of Topliss-reactive ketones (excluding diaryl/α,β-unsaturated/α-hetero) is 1. The van der Waals surface area contributed by atoms with E-state index in [9.17, 15) is 14.7 Å². The molecule has 2 heterocycles. The largest absolute Gasteiger partial charge is 0.477 e. The molecule has 0 fully saturated rings. The molecule has 0 atom stereocenters. The molecular weight excluding hydrogens is 274 g/mol. The minimum absolute atomic E-state index is 0.0878. The molecule has 0 bridgehead atoms. The van der Waals surface area contributed by atoms with Crippen LogP contribution in [0.15, 0.2) is 41.9 Å². The molecule has 5 heteroatoms. The van der Waals surface area contributed by atoms with E-state index in [4.69, 9.17) is 0 Å². The predicted molar refractivity (Wildman–Crippen MR) is 78.1 cm³/mol. The molecule has 0 aliphatic heterocycles. The number of hydrogen-bond acceptors (Lipinski definition) is 3. The number of aromatic nitrogens is 1. The van der Waals surface area contributed by atoms with E-state index in [-0.39, 0.29) is 11.5 Å². The zero-order chi connectivity index (χ0) is 14.3. The van der Waals surface area contributed by atoms with Gasteiger partial charge in [0.15, 0.2) is 5.78 Å². The molecule has 0 amide bonds. The van der Waals surface area contributed by atoms with Gasteiger partial charge in [-0.1, -0.05) is 0 Å². The summed E-state index contributed by atoms with van der Waals surface area (Å²) in [7, 11) is 0. The zero-order valence-electron chi connectivity index (χ0n) is 10.7. The van der Waals surface area contributed by atoms with Crippen LogP contribution in [0.25, 0.3) is 15.8 Å². The molecule has 0 aliphatic carbocycles. The van der Waals surface area contributed by atoms with Gasteiger partial charge in [0, 0.05) is 22.1 Å². The van der Waals surface area contributed by atoms with Crippen molar-refractivity contribution < 1.29 is 14.7 Å². The van der Waals surface area contributed by atoms with Crippen LogP contribution in [-0.4, -0.2) is 21.4 Å². The van der Waals surface area contributed by atoms with E-state index in [2.05, 4.69) is 0 Å². The summed E-state index contributed by atoms with van der Waals surface area (Å²) in [6.07, 6.45) is 1.57. The summed E-state index contributed by atoms with van der Waals surface area (Å²) in [6, 6.07) is 9.12. The average molecular weight is 285 g/mol. The van der Waals surface area contributed by atoms with Gasteiger partial charge in [0.2, 0.25) is 0 Å². The first-order valence-corrected chi connectivity index (χ1v) is 6.88. The number of carboxylic acids is 1. The molecule has 1 N–H and O–H groups in total. The van der Waals surface area contributed by atoms with Crippen LogP contribution in [-0.2, 0) is 0 Å². The molecule has 20 heavy (non-hydrogen) atoms. The lowest BCUT2D eigenvalue weighted by Crippen LogP contribution is -2.05. The fourth-order valence-electron chi connectivity index (χ4n) is 2.14. The molecule has 0 unspecified atom stereocenters. The van der Waals surface area contributed by atoms with Crippen LogP contribution in [0.1, 0.15) is 27.8 Å². The SMILES string of the molecule is CC(=O)c1cc(C(=O)O)n(-c2ccc3sccc3c2)c1. The molecule has 0 spiro atoms. The Hall–Kier alpha value is -2.40. The van der Waals surface area contributed by atoms with Gasteiger partial charge in [0.05, 0.1) is 0 Å². The maximum atomic E-state index is 11.4. The van der Waals surface area contributed by atoms with E-state index in [1.165, 1.54) is 17.6 Å². The molecule has 0 radical (unpaired) electrons. The third-order valence-corrected chi connectivity index (χ3v) is 4.06. The highest BCUT2D eigenvalue weighted by Crippen LogP contribution is 2.25. The molecule has 3 aromatic rings. The zero-order valence-corrected chi connectivity index (χ0v) is 11.5. The second kappa shape index (κ2) is 4.61. The molecule has 3 rings (SSSR count). The van der Waals surface area contributed by atoms with Crippen molar-refractivity contribution in [2.24, 2.45) is 0 Å². The van der Waals surface area contributed by atoms with E-state index < -0.39 is 5.97 Å². The summed E-state index contributed by atoms with van der Waals surface area (Å²) in [6.45, 7) is 1.42. The van der Waals surface area contributed by atoms with Crippen LogP contribution in [0, 0.1) is 0 Å². The molecule has 0 saturated carbocycles. The standard InChI is InChI=1S/C15H11NO3S/c1-9(17)11-7-13(15(18)19)16(8-11)12-2-3-14-10(6-12)4-5-20-14/h2-8H,1H3,(H,18,19). The highest BCUT2D eigenvalue weighted by molar-refractivity contribution is 7.17. The minimum Gasteiger partial charge on any atom is -0.477 e. The lowest BCUT2D eigenvalue weighted by molar-refractivity contribution is 0.0688. The Morgan fingerprint density at radius 3 is 2.70 bits per heavy atom. The lowest BCUT2D eigenvalue weighted by atomic mass is 10.2. The highest BCUT2D eigenvalue weighted by Gasteiger charge is 2.16. The van der Waals surface area contributed by atoms with Crippen molar-refractivity contribution in [3.05, 3.63) is 53.2 Å². The number of carbonyl (C=O) groups excluding carboxylic acids is 1. The first kappa shape index (κ1) is 12.6. The smallest absolute Gasteiger partial charge is 0.352 e. The van der Waals surface area contributed by atoms with Crippen molar-refractivity contribution in [1.29, 1.82) is 0 Å². The maximum Gasteiger partial charge on any atom is 0.352 e. The third kappa shape index (κ3) is 2.02. The normalized spacial score (nSPS) is 10.8. The Morgan fingerprint density at radius 1 is 1.20 bits per heavy atom. The second-order valence-electron chi connectivity index (χ2n) is 4.49. The van der Waals surface area contributed by atoms with E-state index in [0.717, 1.165) is 15.8 Å². The van der Waals surface area contributed by atoms with Gasteiger partial charge in [-0.3, -0.25) is 4.79 Å². The van der Waals surface area contributed by atoms with Crippen molar-refractivity contribution in [1.82, 2.24) is 4.57 Å². The maximum absolute atomic E-state index is 11.4. The Bertz CT molecular complexity index is 829. The number of benzene rings is 1. The molecular formula is C15H11NO3S. The summed E-state index contributed by atoms with van der Waals surface area (Å²) in [5, 5.41) is 12.3. The number of hydrogen-bond donors (Lipinski definition) is 1. The van der Waals surface area contributed by atoms with Crippen molar-refractivity contribution in [3.8, 4) is 5.69 Å². The van der Waals surface area contributed by atoms with Gasteiger partial charge in [0.25, 0.3) is 0 Å². The van der Waals surface area contributed by atoms with Crippen LogP contribution in [0.4, 0.5) is 0 Å². The molecule has 2 aromatic heterocycles. The third-order valence-electron chi connectivity index (χ3n) is 3.16. The van der Waals surface area contributed by atoms with Crippen molar-refractivity contribution in [2.75, 3.05) is 0 Å². The Kier molecular flexibility index (Phi) is 2.91. The van der Waals surface area contributed by atoms with Crippen LogP contribution < -0.4 is 0 Å². The van der Waals surface area contributed by atoms with E-state index in [0.29, 0.717) is 5.56 Å². The number of rotatable bonds is 3. The van der Waals surface area contributed by atoms with Crippen molar-refractivity contribution in [3.63, 3.8) is 0 Å². The number of thiophene rings is 1. The van der Waals surface area contributed by atoms with Crippen molar-refractivity contribution in [2.45, 2.75) is 6.92 Å². The fraction of sp³-hybridized carbons (Fsp3) is 0.0667. The van der Waals surface area contributed by atoms with Gasteiger partial charge in [-0.2, -0.15) is 0 Å². The molecule has 4 nitrogen and oxygen atoms in total. The molecule has 100 valence electrons. The first-order valence-electron chi connectivity index (χ1n) is 6.00. The topological polar surface area (TPSA) is 59.3 Å². The number of ketones is 1. The van der Waals surface area contributed by atoms with Gasteiger partial charge in [-0.25, -0.2) is 4.79 Å². The van der Waals surface area contributed by atoms with E-state index >= 15 is 0 Å². The fourth-order valence-corrected chi connectivity index (χ4v) is 2.91. The number of fused-ring (bicyclic) bond motifs is 1. The van der Waals surface area contributed by atoms with Crippen LogP contribution in [0.2, 0.25) is 0 Å². The average Bonchev–Trinajstić information content (AvgIpc) is 3.04. The van der Waals surface area contributed by atoms with Gasteiger partial charge >= 0.3 is 5.97 Å². The second-order valence-corrected chi connectivity index (χ2v) is 5.44. The molecule has 1 aromatic carbocycles.